The second-order valence-corrected chi connectivity index (χ2v) is 6.22. The van der Waals surface area contributed by atoms with Crippen LogP contribution < -0.4 is 10.1 Å². The van der Waals surface area contributed by atoms with Gasteiger partial charge in [0, 0.05) is 18.2 Å². The van der Waals surface area contributed by atoms with Gasteiger partial charge in [-0.2, -0.15) is 0 Å². The van der Waals surface area contributed by atoms with Crippen molar-refractivity contribution in [2.75, 3.05) is 33.3 Å². The fourth-order valence-electron chi connectivity index (χ4n) is 3.24. The van der Waals surface area contributed by atoms with E-state index in [1.807, 2.05) is 12.1 Å². The molecule has 2 atom stereocenters. The van der Waals surface area contributed by atoms with E-state index in [2.05, 4.69) is 36.2 Å². The van der Waals surface area contributed by atoms with Gasteiger partial charge in [0.1, 0.15) is 5.75 Å². The van der Waals surface area contributed by atoms with Crippen LogP contribution in [0.5, 0.6) is 5.75 Å². The van der Waals surface area contributed by atoms with E-state index < -0.39 is 0 Å². The highest BCUT2D eigenvalue weighted by atomic mass is 16.5. The van der Waals surface area contributed by atoms with E-state index in [1.54, 1.807) is 7.11 Å². The Bertz CT molecular complexity index is 415. The predicted octanol–water partition coefficient (Wildman–Crippen LogP) is 3.47. The number of ether oxygens (including phenoxy) is 1. The third-order valence-corrected chi connectivity index (χ3v) is 4.40. The van der Waals surface area contributed by atoms with Gasteiger partial charge in [-0.1, -0.05) is 32.0 Å². The van der Waals surface area contributed by atoms with Gasteiger partial charge in [-0.25, -0.2) is 0 Å². The number of rotatable bonds is 8. The smallest absolute Gasteiger partial charge is 0.123 e. The Morgan fingerprint density at radius 2 is 1.95 bits per heavy atom. The average Bonchev–Trinajstić information content (AvgIpc) is 3.01. The first-order valence-electron chi connectivity index (χ1n) is 8.33. The zero-order valence-electron chi connectivity index (χ0n) is 13.8. The summed E-state index contributed by atoms with van der Waals surface area (Å²) in [6, 6.07) is 8.72. The van der Waals surface area contributed by atoms with E-state index in [-0.39, 0.29) is 0 Å². The van der Waals surface area contributed by atoms with Gasteiger partial charge in [-0.15, -0.1) is 0 Å². The van der Waals surface area contributed by atoms with Crippen molar-refractivity contribution in [1.82, 2.24) is 10.2 Å². The average molecular weight is 290 g/mol. The van der Waals surface area contributed by atoms with E-state index in [1.165, 1.54) is 38.0 Å². The Morgan fingerprint density at radius 1 is 1.24 bits per heavy atom. The minimum Gasteiger partial charge on any atom is -0.496 e. The van der Waals surface area contributed by atoms with Gasteiger partial charge in [-0.05, 0) is 50.9 Å². The molecule has 2 rings (SSSR count). The van der Waals surface area contributed by atoms with Crippen molar-refractivity contribution in [2.24, 2.45) is 5.92 Å². The lowest BCUT2D eigenvalue weighted by Gasteiger charge is -2.24. The number of hydrogen-bond donors (Lipinski definition) is 1. The van der Waals surface area contributed by atoms with Crippen LogP contribution in [0.2, 0.25) is 0 Å². The number of methoxy groups -OCH3 is 1. The Labute approximate surface area is 129 Å². The van der Waals surface area contributed by atoms with Crippen molar-refractivity contribution in [3.63, 3.8) is 0 Å². The SMILES string of the molecule is CCC(NCC(C)CN1CCCC1)c1ccccc1OC. The number of likely N-dealkylation sites (tertiary alicyclic amines) is 1. The molecule has 2 unspecified atom stereocenters. The molecule has 3 heteroatoms. The van der Waals surface area contributed by atoms with Crippen molar-refractivity contribution in [3.05, 3.63) is 29.8 Å². The molecule has 0 spiro atoms. The molecule has 1 aromatic rings. The Balaban J connectivity index is 1.86. The van der Waals surface area contributed by atoms with Crippen LogP contribution in [-0.2, 0) is 0 Å². The molecule has 1 saturated heterocycles. The van der Waals surface area contributed by atoms with Crippen LogP contribution in [-0.4, -0.2) is 38.2 Å². The molecule has 1 heterocycles. The molecule has 1 fully saturated rings. The number of nitrogens with one attached hydrogen (secondary N) is 1. The van der Waals surface area contributed by atoms with Gasteiger partial charge in [0.15, 0.2) is 0 Å². The van der Waals surface area contributed by atoms with Gasteiger partial charge in [-0.3, -0.25) is 0 Å². The number of para-hydroxylation sites is 1. The summed E-state index contributed by atoms with van der Waals surface area (Å²) in [6.07, 6.45) is 3.83. The molecule has 1 N–H and O–H groups in total. The molecule has 0 aliphatic carbocycles. The second-order valence-electron chi connectivity index (χ2n) is 6.22. The summed E-state index contributed by atoms with van der Waals surface area (Å²) in [6.45, 7) is 9.43. The summed E-state index contributed by atoms with van der Waals surface area (Å²) in [5.74, 6) is 1.68. The van der Waals surface area contributed by atoms with Crippen LogP contribution in [0.1, 0.15) is 44.7 Å². The van der Waals surface area contributed by atoms with Crippen molar-refractivity contribution < 1.29 is 4.74 Å². The van der Waals surface area contributed by atoms with Crippen LogP contribution in [0.25, 0.3) is 0 Å². The van der Waals surface area contributed by atoms with Gasteiger partial charge >= 0.3 is 0 Å². The highest BCUT2D eigenvalue weighted by Gasteiger charge is 2.17. The molecular weight excluding hydrogens is 260 g/mol. The Hall–Kier alpha value is -1.06. The van der Waals surface area contributed by atoms with E-state index in [4.69, 9.17) is 4.74 Å². The molecular formula is C18H30N2O. The number of benzene rings is 1. The molecule has 21 heavy (non-hydrogen) atoms. The summed E-state index contributed by atoms with van der Waals surface area (Å²) < 4.78 is 5.49. The Morgan fingerprint density at radius 3 is 2.62 bits per heavy atom. The fourth-order valence-corrected chi connectivity index (χ4v) is 3.24. The monoisotopic (exact) mass is 290 g/mol. The lowest BCUT2D eigenvalue weighted by molar-refractivity contribution is 0.276. The van der Waals surface area contributed by atoms with Crippen LogP contribution in [0.3, 0.4) is 0 Å². The van der Waals surface area contributed by atoms with Crippen molar-refractivity contribution in [2.45, 2.75) is 39.2 Å². The standard InChI is InChI=1S/C18H30N2O/c1-4-17(16-9-5-6-10-18(16)21-3)19-13-15(2)14-20-11-7-8-12-20/h5-6,9-10,15,17,19H,4,7-8,11-14H2,1-3H3. The normalized spacial score (nSPS) is 18.6. The van der Waals surface area contributed by atoms with E-state index in [0.717, 1.165) is 18.7 Å². The predicted molar refractivity (Wildman–Crippen MR) is 88.9 cm³/mol. The summed E-state index contributed by atoms with van der Waals surface area (Å²) in [5.41, 5.74) is 1.27. The summed E-state index contributed by atoms with van der Waals surface area (Å²) >= 11 is 0. The lowest BCUT2D eigenvalue weighted by atomic mass is 10.0. The van der Waals surface area contributed by atoms with Gasteiger partial charge < -0.3 is 15.0 Å². The third-order valence-electron chi connectivity index (χ3n) is 4.40. The van der Waals surface area contributed by atoms with Gasteiger partial charge in [0.05, 0.1) is 7.11 Å². The Kier molecular flexibility index (Phi) is 6.52. The number of hydrogen-bond acceptors (Lipinski definition) is 3. The first-order valence-corrected chi connectivity index (χ1v) is 8.33. The molecule has 0 aromatic heterocycles. The van der Waals surface area contributed by atoms with E-state index in [9.17, 15) is 0 Å². The summed E-state index contributed by atoms with van der Waals surface area (Å²) in [7, 11) is 1.75. The third kappa shape index (κ3) is 4.72. The molecule has 0 amide bonds. The molecule has 0 radical (unpaired) electrons. The minimum absolute atomic E-state index is 0.377. The van der Waals surface area contributed by atoms with Crippen LogP contribution >= 0.6 is 0 Å². The van der Waals surface area contributed by atoms with Gasteiger partial charge in [0.2, 0.25) is 0 Å². The molecule has 3 nitrogen and oxygen atoms in total. The maximum atomic E-state index is 5.49. The highest BCUT2D eigenvalue weighted by molar-refractivity contribution is 5.35. The second kappa shape index (κ2) is 8.40. The first kappa shape index (κ1) is 16.3. The van der Waals surface area contributed by atoms with Gasteiger partial charge in [0.25, 0.3) is 0 Å². The highest BCUT2D eigenvalue weighted by Crippen LogP contribution is 2.26. The number of nitrogens with zero attached hydrogens (tertiary/aromatic N) is 1. The zero-order valence-corrected chi connectivity index (χ0v) is 13.8. The van der Waals surface area contributed by atoms with Crippen LogP contribution in [0, 0.1) is 5.92 Å². The lowest BCUT2D eigenvalue weighted by Crippen LogP contribution is -2.33. The van der Waals surface area contributed by atoms with Crippen molar-refractivity contribution in [1.29, 1.82) is 0 Å². The largest absolute Gasteiger partial charge is 0.496 e. The maximum Gasteiger partial charge on any atom is 0.123 e. The zero-order chi connectivity index (χ0) is 15.1. The van der Waals surface area contributed by atoms with E-state index >= 15 is 0 Å². The van der Waals surface area contributed by atoms with E-state index in [0.29, 0.717) is 12.0 Å². The topological polar surface area (TPSA) is 24.5 Å². The summed E-state index contributed by atoms with van der Waals surface area (Å²) in [4.78, 5) is 2.59. The maximum absolute atomic E-state index is 5.49. The van der Waals surface area contributed by atoms with Crippen LogP contribution in [0.15, 0.2) is 24.3 Å². The quantitative estimate of drug-likeness (QED) is 0.793. The molecule has 0 bridgehead atoms. The minimum atomic E-state index is 0.377. The molecule has 118 valence electrons. The van der Waals surface area contributed by atoms with Crippen molar-refractivity contribution in [3.8, 4) is 5.75 Å². The fraction of sp³-hybridized carbons (Fsp3) is 0.667. The molecule has 1 aromatic carbocycles. The van der Waals surface area contributed by atoms with Crippen LogP contribution in [0.4, 0.5) is 0 Å². The van der Waals surface area contributed by atoms with Crippen molar-refractivity contribution >= 4 is 0 Å². The molecule has 0 saturated carbocycles. The summed E-state index contributed by atoms with van der Waals surface area (Å²) in [5, 5.41) is 3.73. The first-order chi connectivity index (χ1) is 10.2. The molecule has 1 aliphatic heterocycles. The molecule has 1 aliphatic rings.